The minimum atomic E-state index is -0.0885. The molecule has 1 heterocycles. The Labute approximate surface area is 128 Å². The summed E-state index contributed by atoms with van der Waals surface area (Å²) >= 11 is 0. The molecule has 108 valence electrons. The van der Waals surface area contributed by atoms with Crippen molar-refractivity contribution in [3.8, 4) is 5.75 Å². The van der Waals surface area contributed by atoms with E-state index in [4.69, 9.17) is 0 Å². The highest BCUT2D eigenvalue weighted by molar-refractivity contribution is 6.06. The Morgan fingerprint density at radius 3 is 2.59 bits per heavy atom. The topological polar surface area (TPSA) is 50.2 Å². The Balaban J connectivity index is 1.89. The van der Waals surface area contributed by atoms with Crippen molar-refractivity contribution in [1.82, 2.24) is 4.98 Å². The molecule has 0 saturated carbocycles. The van der Waals surface area contributed by atoms with Gasteiger partial charge in [0, 0.05) is 17.0 Å². The molecule has 2 aromatic carbocycles. The summed E-state index contributed by atoms with van der Waals surface area (Å²) in [5.74, 6) is 0.0717. The minimum absolute atomic E-state index is 0.0885. The number of pyridine rings is 1. The molecule has 0 aliphatic rings. The number of aromatic hydroxyl groups is 1. The molecule has 0 fully saturated rings. The van der Waals surface area contributed by atoms with Crippen molar-refractivity contribution in [1.29, 1.82) is 0 Å². The molecule has 0 aliphatic carbocycles. The fourth-order valence-electron chi connectivity index (χ4n) is 2.24. The van der Waals surface area contributed by atoms with Gasteiger partial charge >= 0.3 is 0 Å². The lowest BCUT2D eigenvalue weighted by Gasteiger charge is -2.02. The molecule has 3 aromatic rings. The molecule has 0 amide bonds. The van der Waals surface area contributed by atoms with E-state index < -0.39 is 0 Å². The first-order valence-electron chi connectivity index (χ1n) is 7.01. The van der Waals surface area contributed by atoms with Gasteiger partial charge in [0.2, 0.25) is 0 Å². The highest BCUT2D eigenvalue weighted by Crippen LogP contribution is 2.24. The SMILES string of the molecule is Cc1ccc(C(=O)C=Cc2cc(O)c3ccccc3n2)cc1. The second-order valence-electron chi connectivity index (χ2n) is 5.15. The van der Waals surface area contributed by atoms with Crippen molar-refractivity contribution < 1.29 is 9.90 Å². The summed E-state index contributed by atoms with van der Waals surface area (Å²) in [4.78, 5) is 16.5. The van der Waals surface area contributed by atoms with E-state index in [1.165, 1.54) is 6.08 Å². The van der Waals surface area contributed by atoms with Gasteiger partial charge < -0.3 is 5.11 Å². The summed E-state index contributed by atoms with van der Waals surface area (Å²) in [5, 5.41) is 10.7. The Hall–Kier alpha value is -2.94. The average Bonchev–Trinajstić information content (AvgIpc) is 2.53. The third-order valence-corrected chi connectivity index (χ3v) is 3.46. The molecular weight excluding hydrogens is 274 g/mol. The normalized spacial score (nSPS) is 11.1. The molecule has 0 unspecified atom stereocenters. The van der Waals surface area contributed by atoms with Crippen molar-refractivity contribution in [2.24, 2.45) is 0 Å². The number of carbonyl (C=O) groups is 1. The molecule has 0 spiro atoms. The molecule has 0 radical (unpaired) electrons. The van der Waals surface area contributed by atoms with Gasteiger partial charge in [-0.2, -0.15) is 0 Å². The first-order valence-corrected chi connectivity index (χ1v) is 7.01. The molecule has 0 atom stereocenters. The van der Waals surface area contributed by atoms with Gasteiger partial charge in [0.05, 0.1) is 11.2 Å². The largest absolute Gasteiger partial charge is 0.507 e. The van der Waals surface area contributed by atoms with Gasteiger partial charge in [-0.15, -0.1) is 0 Å². The lowest BCUT2D eigenvalue weighted by molar-refractivity contribution is 0.104. The van der Waals surface area contributed by atoms with E-state index in [0.717, 1.165) is 5.56 Å². The number of fused-ring (bicyclic) bond motifs is 1. The van der Waals surface area contributed by atoms with E-state index in [2.05, 4.69) is 4.98 Å². The number of carbonyl (C=O) groups excluding carboxylic acids is 1. The minimum Gasteiger partial charge on any atom is -0.507 e. The van der Waals surface area contributed by atoms with Gasteiger partial charge in [0.1, 0.15) is 5.75 Å². The van der Waals surface area contributed by atoms with Crippen LogP contribution < -0.4 is 0 Å². The Bertz CT molecular complexity index is 864. The Morgan fingerprint density at radius 2 is 1.82 bits per heavy atom. The molecular formula is C19H15NO2. The van der Waals surface area contributed by atoms with Crippen molar-refractivity contribution >= 4 is 22.8 Å². The Kier molecular flexibility index (Phi) is 3.71. The van der Waals surface area contributed by atoms with Crippen LogP contribution >= 0.6 is 0 Å². The van der Waals surface area contributed by atoms with E-state index in [1.54, 1.807) is 24.3 Å². The fraction of sp³-hybridized carbons (Fsp3) is 0.0526. The van der Waals surface area contributed by atoms with E-state index in [-0.39, 0.29) is 11.5 Å². The van der Waals surface area contributed by atoms with Crippen LogP contribution in [0.15, 0.2) is 60.7 Å². The Morgan fingerprint density at radius 1 is 1.09 bits per heavy atom. The second kappa shape index (κ2) is 5.82. The van der Waals surface area contributed by atoms with Crippen LogP contribution in [-0.4, -0.2) is 15.9 Å². The summed E-state index contributed by atoms with van der Waals surface area (Å²) in [6, 6.07) is 16.3. The number of para-hydroxylation sites is 1. The van der Waals surface area contributed by atoms with Crippen LogP contribution in [0.25, 0.3) is 17.0 Å². The lowest BCUT2D eigenvalue weighted by atomic mass is 10.1. The molecule has 3 nitrogen and oxygen atoms in total. The van der Waals surface area contributed by atoms with Crippen LogP contribution in [0.2, 0.25) is 0 Å². The number of nitrogens with zero attached hydrogens (tertiary/aromatic N) is 1. The van der Waals surface area contributed by atoms with Crippen LogP contribution in [0.1, 0.15) is 21.6 Å². The van der Waals surface area contributed by atoms with Crippen molar-refractivity contribution in [2.75, 3.05) is 0 Å². The number of aryl methyl sites for hydroxylation is 1. The average molecular weight is 289 g/mol. The lowest BCUT2D eigenvalue weighted by Crippen LogP contribution is -1.94. The summed E-state index contributed by atoms with van der Waals surface area (Å²) in [6.45, 7) is 1.98. The zero-order valence-electron chi connectivity index (χ0n) is 12.2. The molecule has 1 aromatic heterocycles. The molecule has 0 bridgehead atoms. The summed E-state index contributed by atoms with van der Waals surface area (Å²) in [7, 11) is 0. The third-order valence-electron chi connectivity index (χ3n) is 3.46. The number of aromatic nitrogens is 1. The van der Waals surface area contributed by atoms with Crippen molar-refractivity contribution in [3.63, 3.8) is 0 Å². The predicted molar refractivity (Wildman–Crippen MR) is 88.0 cm³/mol. The number of allylic oxidation sites excluding steroid dienone is 1. The molecule has 0 aliphatic heterocycles. The molecule has 3 heteroatoms. The van der Waals surface area contributed by atoms with Crippen molar-refractivity contribution in [3.05, 3.63) is 77.5 Å². The molecule has 22 heavy (non-hydrogen) atoms. The maximum atomic E-state index is 12.1. The summed E-state index contributed by atoms with van der Waals surface area (Å²) < 4.78 is 0. The summed E-state index contributed by atoms with van der Waals surface area (Å²) in [6.07, 6.45) is 3.09. The zero-order valence-corrected chi connectivity index (χ0v) is 12.2. The third kappa shape index (κ3) is 2.88. The first kappa shape index (κ1) is 14.0. The predicted octanol–water partition coefficient (Wildman–Crippen LogP) is 4.14. The monoisotopic (exact) mass is 289 g/mol. The second-order valence-corrected chi connectivity index (χ2v) is 5.15. The molecule has 0 saturated heterocycles. The van der Waals surface area contributed by atoms with Gasteiger partial charge in [0.15, 0.2) is 5.78 Å². The van der Waals surface area contributed by atoms with Gasteiger partial charge in [-0.05, 0) is 31.2 Å². The molecule has 1 N–H and O–H groups in total. The maximum Gasteiger partial charge on any atom is 0.185 e. The zero-order chi connectivity index (χ0) is 15.5. The van der Waals surface area contributed by atoms with Gasteiger partial charge in [0.25, 0.3) is 0 Å². The van der Waals surface area contributed by atoms with Crippen LogP contribution in [0.3, 0.4) is 0 Å². The highest BCUT2D eigenvalue weighted by atomic mass is 16.3. The number of benzene rings is 2. The fourth-order valence-corrected chi connectivity index (χ4v) is 2.24. The quantitative estimate of drug-likeness (QED) is 0.582. The van der Waals surface area contributed by atoms with Crippen LogP contribution in [0.4, 0.5) is 0 Å². The van der Waals surface area contributed by atoms with E-state index in [9.17, 15) is 9.90 Å². The smallest absolute Gasteiger partial charge is 0.185 e. The standard InChI is InChI=1S/C19H15NO2/c1-13-6-8-14(9-7-13)18(21)11-10-15-12-19(22)16-4-2-3-5-17(16)20-15/h2-12H,1H3,(H,20,22). The maximum absolute atomic E-state index is 12.1. The van der Waals surface area contributed by atoms with Gasteiger partial charge in [-0.25, -0.2) is 4.98 Å². The van der Waals surface area contributed by atoms with Crippen molar-refractivity contribution in [2.45, 2.75) is 6.92 Å². The number of hydrogen-bond acceptors (Lipinski definition) is 3. The molecule has 3 rings (SSSR count). The van der Waals surface area contributed by atoms with E-state index >= 15 is 0 Å². The van der Waals surface area contributed by atoms with Gasteiger partial charge in [-0.3, -0.25) is 4.79 Å². The number of hydrogen-bond donors (Lipinski definition) is 1. The summed E-state index contributed by atoms with van der Waals surface area (Å²) in [5.41, 5.74) is 3.00. The first-order chi connectivity index (χ1) is 10.6. The number of ketones is 1. The highest BCUT2D eigenvalue weighted by Gasteiger charge is 2.04. The van der Waals surface area contributed by atoms with E-state index in [1.807, 2.05) is 43.3 Å². The van der Waals surface area contributed by atoms with Crippen LogP contribution in [0, 0.1) is 6.92 Å². The van der Waals surface area contributed by atoms with Crippen LogP contribution in [0.5, 0.6) is 5.75 Å². The van der Waals surface area contributed by atoms with Crippen LogP contribution in [-0.2, 0) is 0 Å². The van der Waals surface area contributed by atoms with E-state index in [0.29, 0.717) is 22.2 Å². The van der Waals surface area contributed by atoms with Gasteiger partial charge in [-0.1, -0.05) is 42.0 Å². The number of rotatable bonds is 3.